The van der Waals surface area contributed by atoms with Crippen LogP contribution in [-0.2, 0) is 4.79 Å². The van der Waals surface area contributed by atoms with E-state index < -0.39 is 24.3 Å². The molecule has 5 N–H and O–H groups in total. The largest absolute Gasteiger partial charge is 0.388 e. The van der Waals surface area contributed by atoms with Crippen molar-refractivity contribution in [3.63, 3.8) is 0 Å². The van der Waals surface area contributed by atoms with Gasteiger partial charge < -0.3 is 25.8 Å². The summed E-state index contributed by atoms with van der Waals surface area (Å²) in [5.41, 5.74) is 9.71. The number of aromatic nitrogens is 7. The Morgan fingerprint density at radius 1 is 1.16 bits per heavy atom. The van der Waals surface area contributed by atoms with Gasteiger partial charge in [-0.15, -0.1) is 0 Å². The van der Waals surface area contributed by atoms with Gasteiger partial charge in [-0.25, -0.2) is 9.67 Å². The van der Waals surface area contributed by atoms with Crippen molar-refractivity contribution in [2.75, 3.05) is 5.73 Å². The van der Waals surface area contributed by atoms with Crippen LogP contribution in [0, 0.1) is 0 Å². The first-order valence-electron chi connectivity index (χ1n) is 12.0. The van der Waals surface area contributed by atoms with E-state index in [1.165, 1.54) is 11.0 Å². The monoisotopic (exact) mass is 499 g/mol. The number of nitrogens with one attached hydrogen (secondary N) is 1. The third kappa shape index (κ3) is 3.86. The number of nitrogens with zero attached hydrogens (tertiary/aromatic N) is 7. The van der Waals surface area contributed by atoms with Gasteiger partial charge >= 0.3 is 0 Å². The number of anilines is 1. The number of carbonyl (C=O) groups is 1. The molecule has 1 aliphatic carbocycles. The molecule has 0 aliphatic heterocycles. The topological polar surface area (TPSA) is 170 Å². The fourth-order valence-corrected chi connectivity index (χ4v) is 4.93. The maximum atomic E-state index is 11.9. The fourth-order valence-electron chi connectivity index (χ4n) is 4.93. The van der Waals surface area contributed by atoms with Crippen LogP contribution in [0.1, 0.15) is 25.8 Å². The van der Waals surface area contributed by atoms with Gasteiger partial charge in [-0.1, -0.05) is 25.1 Å². The Morgan fingerprint density at radius 3 is 2.84 bits per heavy atom. The highest BCUT2D eigenvalue weighted by Gasteiger charge is 2.43. The van der Waals surface area contributed by atoms with Gasteiger partial charge in [0.15, 0.2) is 11.5 Å². The maximum absolute atomic E-state index is 11.9. The van der Waals surface area contributed by atoms with E-state index in [2.05, 4.69) is 30.4 Å². The van der Waals surface area contributed by atoms with E-state index in [9.17, 15) is 15.0 Å². The average molecular weight is 500 g/mol. The number of rotatable bonds is 5. The lowest BCUT2D eigenvalue weighted by Gasteiger charge is -2.18. The van der Waals surface area contributed by atoms with E-state index in [4.69, 9.17) is 5.73 Å². The van der Waals surface area contributed by atoms with Crippen LogP contribution >= 0.6 is 0 Å². The second-order valence-electron chi connectivity index (χ2n) is 9.09. The Kier molecular flexibility index (Phi) is 5.54. The molecular weight excluding hydrogens is 474 g/mol. The number of carbonyl (C=O) groups excluding carboxylic acids is 1. The zero-order valence-corrected chi connectivity index (χ0v) is 19.9. The Morgan fingerprint density at radius 2 is 2.00 bits per heavy atom. The number of nitrogens with two attached hydrogens (primary N) is 1. The maximum Gasteiger partial charge on any atom is 0.254 e. The molecule has 12 nitrogen and oxygen atoms in total. The molecule has 0 radical (unpaired) electrons. The van der Waals surface area contributed by atoms with Crippen LogP contribution in [0.15, 0.2) is 55.2 Å². The summed E-state index contributed by atoms with van der Waals surface area (Å²) < 4.78 is 3.20. The fraction of sp³-hybridized carbons (Fsp3) is 0.280. The quantitative estimate of drug-likeness (QED) is 0.279. The third-order valence-electron chi connectivity index (χ3n) is 6.86. The molecule has 12 heteroatoms. The standard InChI is InChI=1S/C25H25N9O3/c1-2-19(35)30-17-9-18(22(37)21(17)36)33-12-28-20-23(26)31-25(32-24(20)33)34-11-13(10-29-34)14-7-8-27-16-6-4-3-5-15(14)16/h3-8,10-12,17-18,21-22,36-37H,2,9H2,1H3,(H,30,35)(H2,26,31,32)/t17-,18+,21+,22-/m0/s1. The van der Waals surface area contributed by atoms with Crippen LogP contribution in [0.5, 0.6) is 0 Å². The number of aliphatic hydroxyl groups is 2. The first kappa shape index (κ1) is 23.0. The minimum absolute atomic E-state index is 0.161. The summed E-state index contributed by atoms with van der Waals surface area (Å²) >= 11 is 0. The van der Waals surface area contributed by atoms with Gasteiger partial charge in [-0.2, -0.15) is 15.1 Å². The van der Waals surface area contributed by atoms with Crippen molar-refractivity contribution in [3.05, 3.63) is 55.2 Å². The average Bonchev–Trinajstić information content (AvgIpc) is 3.63. The molecule has 0 saturated heterocycles. The van der Waals surface area contributed by atoms with Gasteiger partial charge in [0.05, 0.1) is 30.1 Å². The van der Waals surface area contributed by atoms with E-state index in [0.29, 0.717) is 17.6 Å². The number of hydrogen-bond donors (Lipinski definition) is 4. The van der Waals surface area contributed by atoms with Crippen molar-refractivity contribution in [3.8, 4) is 17.1 Å². The Labute approximate surface area is 210 Å². The number of aliphatic hydroxyl groups excluding tert-OH is 2. The van der Waals surface area contributed by atoms with E-state index in [1.54, 1.807) is 23.9 Å². The minimum Gasteiger partial charge on any atom is -0.388 e. The van der Waals surface area contributed by atoms with Gasteiger partial charge in [0.2, 0.25) is 5.91 Å². The summed E-state index contributed by atoms with van der Waals surface area (Å²) in [4.78, 5) is 29.7. The molecule has 0 bridgehead atoms. The highest BCUT2D eigenvalue weighted by molar-refractivity contribution is 5.94. The number of fused-ring (bicyclic) bond motifs is 2. The van der Waals surface area contributed by atoms with Crippen LogP contribution in [-0.4, -0.2) is 68.7 Å². The van der Waals surface area contributed by atoms with Crippen LogP contribution < -0.4 is 11.1 Å². The van der Waals surface area contributed by atoms with Crippen LogP contribution in [0.2, 0.25) is 0 Å². The molecule has 4 heterocycles. The number of imidazole rings is 1. The van der Waals surface area contributed by atoms with Crippen molar-refractivity contribution in [1.29, 1.82) is 0 Å². The highest BCUT2D eigenvalue weighted by Crippen LogP contribution is 2.34. The first-order chi connectivity index (χ1) is 17.9. The number of para-hydroxylation sites is 1. The SMILES string of the molecule is CCC(=O)N[C@H]1C[C@@H](n2cnc3c(N)nc(-n4cc(-c5ccnc6ccccc56)cn4)nc32)[C@H](O)[C@@H]1O. The lowest BCUT2D eigenvalue weighted by Crippen LogP contribution is -2.42. The minimum atomic E-state index is -1.13. The van der Waals surface area contributed by atoms with Crippen molar-refractivity contribution in [1.82, 2.24) is 39.6 Å². The molecule has 1 aliphatic rings. The lowest BCUT2D eigenvalue weighted by molar-refractivity contribution is -0.122. The van der Waals surface area contributed by atoms with E-state index >= 15 is 0 Å². The summed E-state index contributed by atoms with van der Waals surface area (Å²) in [6.07, 6.45) is 5.14. The molecule has 1 fully saturated rings. The lowest BCUT2D eigenvalue weighted by atomic mass is 10.0. The second kappa shape index (κ2) is 8.91. The summed E-state index contributed by atoms with van der Waals surface area (Å²) in [6, 6.07) is 8.63. The predicted molar refractivity (Wildman–Crippen MR) is 135 cm³/mol. The highest BCUT2D eigenvalue weighted by atomic mass is 16.3. The molecule has 4 atom stereocenters. The smallest absolute Gasteiger partial charge is 0.254 e. The van der Waals surface area contributed by atoms with Crippen molar-refractivity contribution in [2.24, 2.45) is 0 Å². The van der Waals surface area contributed by atoms with Gasteiger partial charge in [0.1, 0.15) is 17.7 Å². The van der Waals surface area contributed by atoms with Gasteiger partial charge in [0, 0.05) is 29.8 Å². The molecule has 0 unspecified atom stereocenters. The molecule has 37 heavy (non-hydrogen) atoms. The normalized spacial score (nSPS) is 21.6. The molecule has 6 rings (SSSR count). The van der Waals surface area contributed by atoms with E-state index in [0.717, 1.165) is 22.0 Å². The second-order valence-corrected chi connectivity index (χ2v) is 9.09. The molecule has 1 aromatic carbocycles. The third-order valence-corrected chi connectivity index (χ3v) is 6.86. The van der Waals surface area contributed by atoms with Crippen molar-refractivity contribution < 1.29 is 15.0 Å². The molecule has 1 saturated carbocycles. The Balaban J connectivity index is 1.37. The van der Waals surface area contributed by atoms with Crippen LogP contribution in [0.3, 0.4) is 0 Å². The molecule has 5 aromatic rings. The summed E-state index contributed by atoms with van der Waals surface area (Å²) in [6.45, 7) is 1.73. The van der Waals surface area contributed by atoms with Gasteiger partial charge in [0.25, 0.3) is 5.95 Å². The Hall–Kier alpha value is -4.42. The first-order valence-corrected chi connectivity index (χ1v) is 12.0. The van der Waals surface area contributed by atoms with E-state index in [-0.39, 0.29) is 24.1 Å². The predicted octanol–water partition coefficient (Wildman–Crippen LogP) is 1.37. The van der Waals surface area contributed by atoms with Gasteiger partial charge in [-0.3, -0.25) is 9.78 Å². The summed E-state index contributed by atoms with van der Waals surface area (Å²) in [7, 11) is 0. The van der Waals surface area contributed by atoms with E-state index in [1.807, 2.05) is 36.5 Å². The number of amides is 1. The Bertz CT molecular complexity index is 1620. The zero-order chi connectivity index (χ0) is 25.7. The molecule has 0 spiro atoms. The summed E-state index contributed by atoms with van der Waals surface area (Å²) in [5.74, 6) is 0.201. The molecule has 4 aromatic heterocycles. The van der Waals surface area contributed by atoms with Crippen LogP contribution in [0.25, 0.3) is 39.1 Å². The van der Waals surface area contributed by atoms with Crippen molar-refractivity contribution >= 4 is 33.8 Å². The number of nitrogen functional groups attached to an aromatic ring is 1. The molecule has 1 amide bonds. The van der Waals surface area contributed by atoms with Crippen molar-refractivity contribution in [2.45, 2.75) is 44.1 Å². The van der Waals surface area contributed by atoms with Crippen LogP contribution in [0.4, 0.5) is 5.82 Å². The van der Waals surface area contributed by atoms with Gasteiger partial charge in [-0.05, 0) is 24.1 Å². The zero-order valence-electron chi connectivity index (χ0n) is 19.9. The number of hydrogen-bond acceptors (Lipinski definition) is 9. The molecular formula is C25H25N9O3. The molecule has 188 valence electrons. The number of pyridine rings is 1. The summed E-state index contributed by atoms with van der Waals surface area (Å²) in [5, 5.41) is 29.5. The number of benzene rings is 1.